The molecule has 1 aromatic heterocycles. The van der Waals surface area contributed by atoms with Gasteiger partial charge in [0, 0.05) is 31.7 Å². The number of aryl methyl sites for hydroxylation is 2. The first-order valence-corrected chi connectivity index (χ1v) is 11.2. The van der Waals surface area contributed by atoms with Crippen LogP contribution in [-0.2, 0) is 16.6 Å². The number of aromatic nitrogens is 2. The Hall–Kier alpha value is -2.62. The van der Waals surface area contributed by atoms with Crippen molar-refractivity contribution in [1.29, 1.82) is 0 Å². The molecular weight excluding hydrogens is 407 g/mol. The van der Waals surface area contributed by atoms with Crippen LogP contribution in [0.4, 0.5) is 4.39 Å². The van der Waals surface area contributed by atoms with Crippen LogP contribution in [-0.4, -0.2) is 53.9 Å². The Bertz CT molecular complexity index is 1140. The molecule has 0 saturated carbocycles. The minimum absolute atomic E-state index is 0.323. The van der Waals surface area contributed by atoms with E-state index in [-0.39, 0.29) is 5.82 Å². The molecule has 0 atom stereocenters. The second kappa shape index (κ2) is 8.25. The number of hydrogen-bond acceptors (Lipinski definition) is 6. The standard InChI is InChI=1S/C21H23FN4O3S/c1-15-3-8-19(16(2)13-15)30(27,28)26-11-9-25(10-12-26)14-20-23-21(24-29-20)17-4-6-18(22)7-5-17/h3-8,13H,9-12,14H2,1-2H3. The summed E-state index contributed by atoms with van der Waals surface area (Å²) in [7, 11) is -3.52. The van der Waals surface area contributed by atoms with E-state index in [0.717, 1.165) is 11.1 Å². The predicted molar refractivity (Wildman–Crippen MR) is 110 cm³/mol. The quantitative estimate of drug-likeness (QED) is 0.619. The van der Waals surface area contributed by atoms with Crippen LogP contribution in [0.25, 0.3) is 11.4 Å². The molecule has 30 heavy (non-hydrogen) atoms. The first-order chi connectivity index (χ1) is 14.3. The molecule has 0 aliphatic carbocycles. The zero-order valence-corrected chi connectivity index (χ0v) is 17.7. The van der Waals surface area contributed by atoms with Crippen molar-refractivity contribution >= 4 is 10.0 Å². The largest absolute Gasteiger partial charge is 0.338 e. The van der Waals surface area contributed by atoms with Gasteiger partial charge in [0.25, 0.3) is 0 Å². The Balaban J connectivity index is 1.38. The fourth-order valence-corrected chi connectivity index (χ4v) is 5.21. The SMILES string of the molecule is Cc1ccc(S(=O)(=O)N2CCN(Cc3nc(-c4ccc(F)cc4)no3)CC2)c(C)c1. The van der Waals surface area contributed by atoms with Crippen molar-refractivity contribution in [2.75, 3.05) is 26.2 Å². The van der Waals surface area contributed by atoms with E-state index < -0.39 is 10.0 Å². The van der Waals surface area contributed by atoms with Crippen LogP contribution < -0.4 is 0 Å². The molecule has 1 saturated heterocycles. The Kier molecular flexibility index (Phi) is 5.68. The Labute approximate surface area is 175 Å². The van der Waals surface area contributed by atoms with Crippen LogP contribution >= 0.6 is 0 Å². The molecule has 1 aliphatic heterocycles. The Morgan fingerprint density at radius 2 is 1.73 bits per heavy atom. The maximum atomic E-state index is 13.1. The lowest BCUT2D eigenvalue weighted by molar-refractivity contribution is 0.163. The summed E-state index contributed by atoms with van der Waals surface area (Å²) >= 11 is 0. The number of hydrogen-bond donors (Lipinski definition) is 0. The molecule has 4 rings (SSSR count). The number of nitrogens with zero attached hydrogens (tertiary/aromatic N) is 4. The van der Waals surface area contributed by atoms with Crippen molar-refractivity contribution < 1.29 is 17.3 Å². The molecule has 0 spiro atoms. The monoisotopic (exact) mass is 430 g/mol. The van der Waals surface area contributed by atoms with Crippen LogP contribution in [0.15, 0.2) is 51.9 Å². The van der Waals surface area contributed by atoms with E-state index in [1.165, 1.54) is 16.4 Å². The van der Waals surface area contributed by atoms with E-state index >= 15 is 0 Å². The summed E-state index contributed by atoms with van der Waals surface area (Å²) in [5, 5.41) is 3.95. The maximum absolute atomic E-state index is 13.1. The van der Waals surface area contributed by atoms with Gasteiger partial charge in [-0.2, -0.15) is 9.29 Å². The van der Waals surface area contributed by atoms with Gasteiger partial charge in [0.15, 0.2) is 0 Å². The summed E-state index contributed by atoms with van der Waals surface area (Å²) in [6.07, 6.45) is 0. The smallest absolute Gasteiger partial charge is 0.243 e. The van der Waals surface area contributed by atoms with Crippen molar-refractivity contribution in [3.05, 3.63) is 65.3 Å². The molecule has 9 heteroatoms. The fraction of sp³-hybridized carbons (Fsp3) is 0.333. The Morgan fingerprint density at radius 1 is 1.03 bits per heavy atom. The first-order valence-electron chi connectivity index (χ1n) is 9.71. The average Bonchev–Trinajstić information content (AvgIpc) is 3.17. The molecule has 0 N–H and O–H groups in total. The highest BCUT2D eigenvalue weighted by molar-refractivity contribution is 7.89. The second-order valence-electron chi connectivity index (χ2n) is 7.47. The minimum atomic E-state index is -3.52. The van der Waals surface area contributed by atoms with Crippen molar-refractivity contribution in [3.63, 3.8) is 0 Å². The number of piperazine rings is 1. The van der Waals surface area contributed by atoms with E-state index in [0.29, 0.717) is 54.9 Å². The van der Waals surface area contributed by atoms with Gasteiger partial charge in [0.2, 0.25) is 21.7 Å². The van der Waals surface area contributed by atoms with E-state index in [9.17, 15) is 12.8 Å². The van der Waals surface area contributed by atoms with E-state index in [1.54, 1.807) is 18.2 Å². The van der Waals surface area contributed by atoms with Gasteiger partial charge in [0.1, 0.15) is 5.82 Å². The number of rotatable bonds is 5. The highest BCUT2D eigenvalue weighted by Crippen LogP contribution is 2.23. The van der Waals surface area contributed by atoms with E-state index in [4.69, 9.17) is 4.52 Å². The molecule has 0 unspecified atom stereocenters. The molecule has 7 nitrogen and oxygen atoms in total. The number of sulfonamides is 1. The molecule has 0 bridgehead atoms. The van der Waals surface area contributed by atoms with Crippen LogP contribution in [0.3, 0.4) is 0 Å². The fourth-order valence-electron chi connectivity index (χ4n) is 3.58. The van der Waals surface area contributed by atoms with Crippen LogP contribution in [0.2, 0.25) is 0 Å². The summed E-state index contributed by atoms with van der Waals surface area (Å²) in [5.74, 6) is 0.525. The molecule has 158 valence electrons. The molecule has 1 aliphatic rings. The maximum Gasteiger partial charge on any atom is 0.243 e. The van der Waals surface area contributed by atoms with Crippen LogP contribution in [0, 0.1) is 19.7 Å². The topological polar surface area (TPSA) is 79.5 Å². The third kappa shape index (κ3) is 4.28. The number of halogens is 1. The van der Waals surface area contributed by atoms with Gasteiger partial charge in [-0.3, -0.25) is 4.90 Å². The summed E-state index contributed by atoms with van der Waals surface area (Å²) in [5.41, 5.74) is 2.48. The summed E-state index contributed by atoms with van der Waals surface area (Å²) in [6.45, 7) is 6.14. The van der Waals surface area contributed by atoms with Crippen LogP contribution in [0.5, 0.6) is 0 Å². The molecule has 1 fully saturated rings. The molecular formula is C21H23FN4O3S. The van der Waals surface area contributed by atoms with Gasteiger partial charge in [-0.25, -0.2) is 12.8 Å². The summed E-state index contributed by atoms with van der Waals surface area (Å²) in [4.78, 5) is 6.81. The average molecular weight is 431 g/mol. The van der Waals surface area contributed by atoms with Crippen molar-refractivity contribution in [2.45, 2.75) is 25.3 Å². The third-order valence-corrected chi connectivity index (χ3v) is 7.27. The third-order valence-electron chi connectivity index (χ3n) is 5.21. The minimum Gasteiger partial charge on any atom is -0.338 e. The van der Waals surface area contributed by atoms with Gasteiger partial charge in [-0.15, -0.1) is 0 Å². The molecule has 0 amide bonds. The van der Waals surface area contributed by atoms with Gasteiger partial charge in [0.05, 0.1) is 11.4 Å². The zero-order chi connectivity index (χ0) is 21.3. The van der Waals surface area contributed by atoms with Crippen molar-refractivity contribution in [3.8, 4) is 11.4 Å². The summed E-state index contributed by atoms with van der Waals surface area (Å²) < 4.78 is 45.9. The predicted octanol–water partition coefficient (Wildman–Crippen LogP) is 3.00. The lowest BCUT2D eigenvalue weighted by Gasteiger charge is -2.33. The molecule has 2 aromatic carbocycles. The second-order valence-corrected chi connectivity index (χ2v) is 9.37. The van der Waals surface area contributed by atoms with Gasteiger partial charge < -0.3 is 4.52 Å². The van der Waals surface area contributed by atoms with E-state index in [2.05, 4.69) is 15.0 Å². The number of benzene rings is 2. The Morgan fingerprint density at radius 3 is 2.40 bits per heavy atom. The lowest BCUT2D eigenvalue weighted by Crippen LogP contribution is -2.48. The normalized spacial score (nSPS) is 16.1. The van der Waals surface area contributed by atoms with Gasteiger partial charge in [-0.05, 0) is 49.7 Å². The molecule has 3 aromatic rings. The van der Waals surface area contributed by atoms with Gasteiger partial charge in [-0.1, -0.05) is 22.9 Å². The molecule has 2 heterocycles. The highest BCUT2D eigenvalue weighted by atomic mass is 32.2. The highest BCUT2D eigenvalue weighted by Gasteiger charge is 2.30. The zero-order valence-electron chi connectivity index (χ0n) is 16.9. The van der Waals surface area contributed by atoms with Crippen molar-refractivity contribution in [1.82, 2.24) is 19.3 Å². The van der Waals surface area contributed by atoms with E-state index in [1.807, 2.05) is 26.0 Å². The first kappa shape index (κ1) is 20.6. The van der Waals surface area contributed by atoms with Crippen LogP contribution in [0.1, 0.15) is 17.0 Å². The molecule has 0 radical (unpaired) electrons. The summed E-state index contributed by atoms with van der Waals surface area (Å²) in [6, 6.07) is 11.3. The lowest BCUT2D eigenvalue weighted by atomic mass is 10.2. The van der Waals surface area contributed by atoms with Crippen molar-refractivity contribution in [2.24, 2.45) is 0 Å². The van der Waals surface area contributed by atoms with Gasteiger partial charge >= 0.3 is 0 Å².